The van der Waals surface area contributed by atoms with E-state index in [1.807, 2.05) is 6.92 Å². The molecule has 14 heavy (non-hydrogen) atoms. The van der Waals surface area contributed by atoms with Crippen LogP contribution in [0.15, 0.2) is 18.2 Å². The van der Waals surface area contributed by atoms with E-state index in [-0.39, 0.29) is 18.2 Å². The Morgan fingerprint density at radius 3 is 2.79 bits per heavy atom. The lowest BCUT2D eigenvalue weighted by Crippen LogP contribution is -2.15. The molecule has 1 rings (SSSR count). The van der Waals surface area contributed by atoms with E-state index in [9.17, 15) is 8.78 Å². The molecule has 0 spiro atoms. The molecular weight excluding hydrogens is 188 g/mol. The highest BCUT2D eigenvalue weighted by Gasteiger charge is 2.07. The van der Waals surface area contributed by atoms with Crippen molar-refractivity contribution >= 4 is 5.69 Å². The standard InChI is InChI=1S/C10H13F2NO/c1-7(6-14)5-13-9-4-2-3-8(11)10(9)12/h2-4,7,13-14H,5-6H2,1H3. The van der Waals surface area contributed by atoms with Crippen molar-refractivity contribution in [2.24, 2.45) is 5.92 Å². The van der Waals surface area contributed by atoms with E-state index in [1.165, 1.54) is 12.1 Å². The molecule has 0 aliphatic heterocycles. The van der Waals surface area contributed by atoms with E-state index >= 15 is 0 Å². The summed E-state index contributed by atoms with van der Waals surface area (Å²) in [6.07, 6.45) is 0. The highest BCUT2D eigenvalue weighted by Crippen LogP contribution is 2.16. The second-order valence-corrected chi connectivity index (χ2v) is 3.27. The highest BCUT2D eigenvalue weighted by atomic mass is 19.2. The maximum atomic E-state index is 13.1. The predicted octanol–water partition coefficient (Wildman–Crippen LogP) is 2.01. The summed E-state index contributed by atoms with van der Waals surface area (Å²) in [7, 11) is 0. The molecule has 1 unspecified atom stereocenters. The first-order valence-corrected chi connectivity index (χ1v) is 4.44. The lowest BCUT2D eigenvalue weighted by molar-refractivity contribution is 0.244. The number of aliphatic hydroxyl groups excluding tert-OH is 1. The molecule has 2 nitrogen and oxygen atoms in total. The van der Waals surface area contributed by atoms with Gasteiger partial charge in [0.15, 0.2) is 11.6 Å². The van der Waals surface area contributed by atoms with E-state index in [0.29, 0.717) is 6.54 Å². The molecule has 0 heterocycles. The lowest BCUT2D eigenvalue weighted by Gasteiger charge is -2.11. The fourth-order valence-electron chi connectivity index (χ4n) is 0.989. The van der Waals surface area contributed by atoms with E-state index in [4.69, 9.17) is 5.11 Å². The summed E-state index contributed by atoms with van der Waals surface area (Å²) < 4.78 is 25.8. The van der Waals surface area contributed by atoms with Gasteiger partial charge in [0, 0.05) is 13.2 Å². The molecule has 0 amide bonds. The average Bonchev–Trinajstić information content (AvgIpc) is 2.20. The third-order valence-corrected chi connectivity index (χ3v) is 1.90. The Labute approximate surface area is 81.6 Å². The second-order valence-electron chi connectivity index (χ2n) is 3.27. The van der Waals surface area contributed by atoms with Crippen LogP contribution in [0.4, 0.5) is 14.5 Å². The molecule has 0 aromatic heterocycles. The van der Waals surface area contributed by atoms with Crippen molar-refractivity contribution in [1.82, 2.24) is 0 Å². The summed E-state index contributed by atoms with van der Waals surface area (Å²) in [5, 5.41) is 11.5. The second kappa shape index (κ2) is 4.91. The largest absolute Gasteiger partial charge is 0.396 e. The summed E-state index contributed by atoms with van der Waals surface area (Å²) in [6.45, 7) is 2.24. The van der Waals surface area contributed by atoms with Crippen molar-refractivity contribution in [1.29, 1.82) is 0 Å². The smallest absolute Gasteiger partial charge is 0.181 e. The van der Waals surface area contributed by atoms with Crippen LogP contribution < -0.4 is 5.32 Å². The Bertz CT molecular complexity index is 304. The summed E-state index contributed by atoms with van der Waals surface area (Å²) in [5.41, 5.74) is 0.130. The lowest BCUT2D eigenvalue weighted by atomic mass is 10.2. The summed E-state index contributed by atoms with van der Waals surface area (Å²) in [6, 6.07) is 3.96. The number of halogens is 2. The fraction of sp³-hybridized carbons (Fsp3) is 0.400. The van der Waals surface area contributed by atoms with Crippen molar-refractivity contribution in [3.8, 4) is 0 Å². The number of hydrogen-bond acceptors (Lipinski definition) is 2. The van der Waals surface area contributed by atoms with Crippen molar-refractivity contribution in [3.63, 3.8) is 0 Å². The number of aliphatic hydroxyl groups is 1. The first-order chi connectivity index (χ1) is 6.65. The van der Waals surface area contributed by atoms with Crippen LogP contribution in [0.1, 0.15) is 6.92 Å². The number of rotatable bonds is 4. The van der Waals surface area contributed by atoms with Crippen LogP contribution in [0.3, 0.4) is 0 Å². The number of hydrogen-bond donors (Lipinski definition) is 2. The van der Waals surface area contributed by atoms with E-state index in [0.717, 1.165) is 6.07 Å². The zero-order valence-corrected chi connectivity index (χ0v) is 7.93. The van der Waals surface area contributed by atoms with Crippen LogP contribution in [0, 0.1) is 17.6 Å². The Balaban J connectivity index is 2.63. The number of benzene rings is 1. The van der Waals surface area contributed by atoms with Gasteiger partial charge in [0.2, 0.25) is 0 Å². The maximum Gasteiger partial charge on any atom is 0.181 e. The van der Waals surface area contributed by atoms with Gasteiger partial charge in [-0.05, 0) is 18.1 Å². The third-order valence-electron chi connectivity index (χ3n) is 1.90. The quantitative estimate of drug-likeness (QED) is 0.781. The summed E-state index contributed by atoms with van der Waals surface area (Å²) in [5.74, 6) is -1.73. The predicted molar refractivity (Wildman–Crippen MR) is 51.1 cm³/mol. The first kappa shape index (κ1) is 10.9. The van der Waals surface area contributed by atoms with Crippen molar-refractivity contribution in [3.05, 3.63) is 29.8 Å². The molecule has 4 heteroatoms. The van der Waals surface area contributed by atoms with E-state index in [2.05, 4.69) is 5.32 Å². The number of anilines is 1. The zero-order valence-electron chi connectivity index (χ0n) is 7.93. The van der Waals surface area contributed by atoms with Gasteiger partial charge in [0.25, 0.3) is 0 Å². The minimum atomic E-state index is -0.877. The molecule has 78 valence electrons. The van der Waals surface area contributed by atoms with Crippen LogP contribution in [0.5, 0.6) is 0 Å². The fourth-order valence-corrected chi connectivity index (χ4v) is 0.989. The molecule has 0 aliphatic carbocycles. The Morgan fingerprint density at radius 2 is 2.14 bits per heavy atom. The monoisotopic (exact) mass is 201 g/mol. The minimum Gasteiger partial charge on any atom is -0.396 e. The van der Waals surface area contributed by atoms with Crippen LogP contribution in [0.25, 0.3) is 0 Å². The van der Waals surface area contributed by atoms with Gasteiger partial charge in [-0.1, -0.05) is 13.0 Å². The molecule has 2 N–H and O–H groups in total. The molecule has 0 bridgehead atoms. The molecule has 0 aliphatic rings. The van der Waals surface area contributed by atoms with Gasteiger partial charge in [0.1, 0.15) is 0 Å². The minimum absolute atomic E-state index is 0.0117. The van der Waals surface area contributed by atoms with Gasteiger partial charge in [-0.2, -0.15) is 0 Å². The Hall–Kier alpha value is -1.16. The van der Waals surface area contributed by atoms with Crippen molar-refractivity contribution in [2.45, 2.75) is 6.92 Å². The van der Waals surface area contributed by atoms with Crippen molar-refractivity contribution < 1.29 is 13.9 Å². The molecule has 0 fully saturated rings. The molecular formula is C10H13F2NO. The van der Waals surface area contributed by atoms with Crippen LogP contribution in [-0.4, -0.2) is 18.3 Å². The summed E-state index contributed by atoms with van der Waals surface area (Å²) >= 11 is 0. The zero-order chi connectivity index (χ0) is 10.6. The van der Waals surface area contributed by atoms with Gasteiger partial charge in [0.05, 0.1) is 5.69 Å². The third kappa shape index (κ3) is 2.67. The Morgan fingerprint density at radius 1 is 1.43 bits per heavy atom. The van der Waals surface area contributed by atoms with Crippen LogP contribution >= 0.6 is 0 Å². The average molecular weight is 201 g/mol. The highest BCUT2D eigenvalue weighted by molar-refractivity contribution is 5.44. The molecule has 0 saturated carbocycles. The number of nitrogens with one attached hydrogen (secondary N) is 1. The van der Waals surface area contributed by atoms with Gasteiger partial charge >= 0.3 is 0 Å². The van der Waals surface area contributed by atoms with E-state index in [1.54, 1.807) is 0 Å². The maximum absolute atomic E-state index is 13.1. The van der Waals surface area contributed by atoms with Gasteiger partial charge in [-0.15, -0.1) is 0 Å². The van der Waals surface area contributed by atoms with Crippen LogP contribution in [-0.2, 0) is 0 Å². The summed E-state index contributed by atoms with van der Waals surface area (Å²) in [4.78, 5) is 0. The van der Waals surface area contributed by atoms with Gasteiger partial charge < -0.3 is 10.4 Å². The topological polar surface area (TPSA) is 32.3 Å². The van der Waals surface area contributed by atoms with E-state index < -0.39 is 11.6 Å². The molecule has 1 aromatic rings. The molecule has 0 saturated heterocycles. The molecule has 1 aromatic carbocycles. The SMILES string of the molecule is CC(CO)CNc1cccc(F)c1F. The first-order valence-electron chi connectivity index (χ1n) is 4.44. The Kier molecular flexibility index (Phi) is 3.83. The molecule has 0 radical (unpaired) electrons. The van der Waals surface area contributed by atoms with Crippen LogP contribution in [0.2, 0.25) is 0 Å². The van der Waals surface area contributed by atoms with Crippen molar-refractivity contribution in [2.75, 3.05) is 18.5 Å². The van der Waals surface area contributed by atoms with Gasteiger partial charge in [-0.25, -0.2) is 8.78 Å². The molecule has 1 atom stereocenters. The normalized spacial score (nSPS) is 12.6. The van der Waals surface area contributed by atoms with Gasteiger partial charge in [-0.3, -0.25) is 0 Å².